The van der Waals surface area contributed by atoms with Gasteiger partial charge < -0.3 is 5.11 Å². The minimum atomic E-state index is -0.866. The van der Waals surface area contributed by atoms with Crippen molar-refractivity contribution >= 4 is 15.9 Å². The minimum Gasteiger partial charge on any atom is -0.390 e. The maximum Gasteiger partial charge on any atom is 0.130 e. The van der Waals surface area contributed by atoms with Crippen molar-refractivity contribution in [1.29, 1.82) is 0 Å². The van der Waals surface area contributed by atoms with Crippen LogP contribution >= 0.6 is 15.9 Å². The maximum absolute atomic E-state index is 13.3. The Balaban J connectivity index is 2.32. The molecule has 1 N–H and O–H groups in total. The highest BCUT2D eigenvalue weighted by Crippen LogP contribution is 2.39. The van der Waals surface area contributed by atoms with Crippen molar-refractivity contribution in [3.05, 3.63) is 33.8 Å². The third-order valence-corrected chi connectivity index (χ3v) is 2.90. The predicted octanol–water partition coefficient (Wildman–Crippen LogP) is 2.79. The van der Waals surface area contributed by atoms with Crippen LogP contribution in [0.15, 0.2) is 16.6 Å². The van der Waals surface area contributed by atoms with Crippen LogP contribution in [0.1, 0.15) is 18.4 Å². The number of rotatable bonds is 2. The summed E-state index contributed by atoms with van der Waals surface area (Å²) < 4.78 is 27.0. The topological polar surface area (TPSA) is 20.2 Å². The van der Waals surface area contributed by atoms with Gasteiger partial charge in [0.1, 0.15) is 11.6 Å². The Morgan fingerprint density at radius 2 is 1.79 bits per heavy atom. The second kappa shape index (κ2) is 3.28. The fraction of sp³-hybridized carbons (Fsp3) is 0.400. The summed E-state index contributed by atoms with van der Waals surface area (Å²) in [7, 11) is 0. The molecule has 0 amide bonds. The number of benzene rings is 1. The van der Waals surface area contributed by atoms with Gasteiger partial charge in [0.15, 0.2) is 0 Å². The highest BCUT2D eigenvalue weighted by atomic mass is 79.9. The van der Waals surface area contributed by atoms with Crippen LogP contribution in [0.25, 0.3) is 0 Å². The van der Waals surface area contributed by atoms with Crippen molar-refractivity contribution in [2.24, 2.45) is 0 Å². The molecule has 0 aliphatic heterocycles. The largest absolute Gasteiger partial charge is 0.390 e. The van der Waals surface area contributed by atoms with E-state index in [-0.39, 0.29) is 12.0 Å². The predicted molar refractivity (Wildman–Crippen MR) is 51.9 cm³/mol. The van der Waals surface area contributed by atoms with Crippen LogP contribution in [0.2, 0.25) is 0 Å². The lowest BCUT2D eigenvalue weighted by atomic mass is 10.1. The number of hydrogen-bond acceptors (Lipinski definition) is 1. The third kappa shape index (κ3) is 1.96. The zero-order chi connectivity index (χ0) is 10.3. The van der Waals surface area contributed by atoms with Gasteiger partial charge in [0.05, 0.1) is 5.60 Å². The smallest absolute Gasteiger partial charge is 0.130 e. The highest BCUT2D eigenvalue weighted by Gasteiger charge is 2.41. The van der Waals surface area contributed by atoms with Crippen molar-refractivity contribution < 1.29 is 13.9 Å². The molecular formula is C10H9BrF2O. The number of aliphatic hydroxyl groups is 1. The van der Waals surface area contributed by atoms with Crippen molar-refractivity contribution in [3.63, 3.8) is 0 Å². The summed E-state index contributed by atoms with van der Waals surface area (Å²) in [6.07, 6.45) is 1.32. The van der Waals surface area contributed by atoms with Gasteiger partial charge >= 0.3 is 0 Å². The first-order chi connectivity index (χ1) is 6.50. The molecule has 1 nitrogen and oxygen atoms in total. The zero-order valence-corrected chi connectivity index (χ0v) is 8.94. The lowest BCUT2D eigenvalue weighted by Crippen LogP contribution is -2.13. The van der Waals surface area contributed by atoms with Crippen LogP contribution in [0.3, 0.4) is 0 Å². The molecule has 1 fully saturated rings. The first-order valence-electron chi connectivity index (χ1n) is 4.36. The zero-order valence-electron chi connectivity index (χ0n) is 7.36. The molecule has 1 saturated carbocycles. The first kappa shape index (κ1) is 10.1. The molecule has 0 saturated heterocycles. The molecule has 0 spiro atoms. The average Bonchev–Trinajstić information content (AvgIpc) is 2.77. The van der Waals surface area contributed by atoms with E-state index in [2.05, 4.69) is 15.9 Å². The third-order valence-electron chi connectivity index (χ3n) is 2.44. The van der Waals surface area contributed by atoms with E-state index in [0.29, 0.717) is 17.3 Å². The van der Waals surface area contributed by atoms with Crippen LogP contribution in [-0.4, -0.2) is 10.7 Å². The molecule has 0 heterocycles. The maximum atomic E-state index is 13.3. The van der Waals surface area contributed by atoms with E-state index in [4.69, 9.17) is 0 Å². The molecule has 1 aromatic rings. The van der Waals surface area contributed by atoms with E-state index in [0.717, 1.165) is 0 Å². The summed E-state index contributed by atoms with van der Waals surface area (Å²) in [5.74, 6) is -1.20. The molecule has 0 unspecified atom stereocenters. The second-order valence-corrected chi connectivity index (χ2v) is 4.66. The van der Waals surface area contributed by atoms with Crippen molar-refractivity contribution in [3.8, 4) is 0 Å². The summed E-state index contributed by atoms with van der Waals surface area (Å²) in [4.78, 5) is 0. The number of halogens is 3. The highest BCUT2D eigenvalue weighted by molar-refractivity contribution is 9.10. The van der Waals surface area contributed by atoms with Gasteiger partial charge in [-0.1, -0.05) is 15.9 Å². The molecular weight excluding hydrogens is 254 g/mol. The number of hydrogen-bond donors (Lipinski definition) is 1. The molecule has 0 radical (unpaired) electrons. The molecule has 14 heavy (non-hydrogen) atoms. The Morgan fingerprint density at radius 3 is 2.21 bits per heavy atom. The van der Waals surface area contributed by atoms with Gasteiger partial charge in [-0.15, -0.1) is 0 Å². The van der Waals surface area contributed by atoms with Gasteiger partial charge in [-0.3, -0.25) is 0 Å². The molecule has 76 valence electrons. The molecule has 1 aliphatic carbocycles. The average molecular weight is 263 g/mol. The molecule has 0 aromatic heterocycles. The quantitative estimate of drug-likeness (QED) is 0.869. The summed E-state index contributed by atoms with van der Waals surface area (Å²) >= 11 is 3.00. The van der Waals surface area contributed by atoms with Crippen LogP contribution < -0.4 is 0 Å². The van der Waals surface area contributed by atoms with E-state index in [1.54, 1.807) is 0 Å². The van der Waals surface area contributed by atoms with Gasteiger partial charge in [-0.05, 0) is 25.0 Å². The van der Waals surface area contributed by atoms with Gasteiger partial charge in [-0.2, -0.15) is 0 Å². The SMILES string of the molecule is OC1(Cc2c(F)cc(Br)cc2F)CC1. The summed E-state index contributed by atoms with van der Waals surface area (Å²) in [5, 5.41) is 9.56. The summed E-state index contributed by atoms with van der Waals surface area (Å²) in [6.45, 7) is 0. The van der Waals surface area contributed by atoms with Crippen molar-refractivity contribution in [1.82, 2.24) is 0 Å². The van der Waals surface area contributed by atoms with E-state index >= 15 is 0 Å². The lowest BCUT2D eigenvalue weighted by Gasteiger charge is -2.09. The fourth-order valence-electron chi connectivity index (χ4n) is 1.39. The van der Waals surface area contributed by atoms with Gasteiger partial charge in [0.2, 0.25) is 0 Å². The molecule has 1 aromatic carbocycles. The monoisotopic (exact) mass is 262 g/mol. The van der Waals surface area contributed by atoms with Crippen LogP contribution in [0, 0.1) is 11.6 Å². The lowest BCUT2D eigenvalue weighted by molar-refractivity contribution is 0.148. The van der Waals surface area contributed by atoms with E-state index in [9.17, 15) is 13.9 Å². The molecule has 1 aliphatic rings. The fourth-order valence-corrected chi connectivity index (χ4v) is 1.79. The van der Waals surface area contributed by atoms with E-state index < -0.39 is 17.2 Å². The second-order valence-electron chi connectivity index (χ2n) is 3.75. The Bertz CT molecular complexity index is 351. The van der Waals surface area contributed by atoms with Crippen molar-refractivity contribution in [2.75, 3.05) is 0 Å². The van der Waals surface area contributed by atoms with Crippen LogP contribution in [0.5, 0.6) is 0 Å². The Morgan fingerprint density at radius 1 is 1.29 bits per heavy atom. The molecule has 0 atom stereocenters. The molecule has 2 rings (SSSR count). The van der Waals surface area contributed by atoms with Crippen LogP contribution in [0.4, 0.5) is 8.78 Å². The van der Waals surface area contributed by atoms with Crippen LogP contribution in [-0.2, 0) is 6.42 Å². The first-order valence-corrected chi connectivity index (χ1v) is 5.15. The van der Waals surface area contributed by atoms with Gasteiger partial charge in [-0.25, -0.2) is 8.78 Å². The summed E-state index contributed by atoms with van der Waals surface area (Å²) in [5.41, 5.74) is -0.886. The minimum absolute atomic E-state index is 0.0202. The van der Waals surface area contributed by atoms with Crippen molar-refractivity contribution in [2.45, 2.75) is 24.9 Å². The standard InChI is InChI=1S/C10H9BrF2O/c11-6-3-8(12)7(9(13)4-6)5-10(14)1-2-10/h3-4,14H,1-2,5H2. The van der Waals surface area contributed by atoms with Gasteiger partial charge in [0, 0.05) is 16.5 Å². The van der Waals surface area contributed by atoms with E-state index in [1.807, 2.05) is 0 Å². The van der Waals surface area contributed by atoms with Gasteiger partial charge in [0.25, 0.3) is 0 Å². The normalized spacial score (nSPS) is 18.3. The Labute approximate surface area is 88.9 Å². The molecule has 0 bridgehead atoms. The summed E-state index contributed by atoms with van der Waals surface area (Å²) in [6, 6.07) is 2.42. The Hall–Kier alpha value is -0.480. The van der Waals surface area contributed by atoms with E-state index in [1.165, 1.54) is 12.1 Å². The molecule has 4 heteroatoms. The Kier molecular flexibility index (Phi) is 2.35.